The smallest absolute Gasteiger partial charge is 0.333 e. The van der Waals surface area contributed by atoms with Crippen LogP contribution in [-0.2, 0) is 21.6 Å². The Morgan fingerprint density at radius 3 is 2.52 bits per heavy atom. The number of rotatable bonds is 12. The number of aryl methyl sites for hydroxylation is 1. The molecule has 0 spiro atoms. The van der Waals surface area contributed by atoms with Crippen LogP contribution in [0.2, 0.25) is 0 Å². The van der Waals surface area contributed by atoms with E-state index in [2.05, 4.69) is 15.5 Å². The lowest BCUT2D eigenvalue weighted by Crippen LogP contribution is -2.56. The minimum Gasteiger partial charge on any atom is -0.496 e. The molecule has 12 nitrogen and oxygen atoms in total. The molecule has 14 heteroatoms. The third-order valence-electron chi connectivity index (χ3n) is 6.83. The molecule has 1 amide bonds. The molecule has 2 N–H and O–H groups in total. The van der Waals surface area contributed by atoms with Crippen molar-refractivity contribution in [2.45, 2.75) is 65.3 Å². The molecule has 226 valence electrons. The van der Waals surface area contributed by atoms with Crippen molar-refractivity contribution in [3.8, 4) is 10.8 Å². The minimum absolute atomic E-state index is 0.104. The number of aliphatic hydroxyl groups is 1. The first-order valence-corrected chi connectivity index (χ1v) is 14.3. The molecule has 3 aromatic heterocycles. The standard InChI is InChI=1S/C28H35FN6O6S/c1-16(2)32-26(38)28(4,5)34-23(37)22-17(3)24(35-30-10-11-31-35)42-25(22)33(27(34)39)15-21(41-13-7-12-36)19-14-18(29)8-9-20(19)40-6/h8-11,14,16,21,36H,7,12-13,15H2,1-6H3,(H,32,38)/t21-/m1/s1. The minimum atomic E-state index is -1.57. The van der Waals surface area contributed by atoms with Crippen molar-refractivity contribution in [3.05, 3.63) is 68.4 Å². The largest absolute Gasteiger partial charge is 0.496 e. The maximum absolute atomic E-state index is 14.5. The lowest BCUT2D eigenvalue weighted by atomic mass is 10.0. The molecule has 0 radical (unpaired) electrons. The van der Waals surface area contributed by atoms with Crippen LogP contribution in [0.15, 0.2) is 40.2 Å². The predicted octanol–water partition coefficient (Wildman–Crippen LogP) is 2.66. The molecular weight excluding hydrogens is 567 g/mol. The summed E-state index contributed by atoms with van der Waals surface area (Å²) in [5.74, 6) is -0.704. The fraction of sp³-hybridized carbons (Fsp3) is 0.464. The normalized spacial score (nSPS) is 12.7. The zero-order chi connectivity index (χ0) is 30.8. The van der Waals surface area contributed by atoms with Gasteiger partial charge in [0.1, 0.15) is 33.0 Å². The SMILES string of the molecule is COc1ccc(F)cc1[C@@H](Cn1c(=O)n(C(C)(C)C(=O)NC(C)C)c(=O)c2c(C)c(-n3nccn3)sc21)OCCCO. The maximum atomic E-state index is 14.5. The number of aliphatic hydroxyl groups excluding tert-OH is 1. The second kappa shape index (κ2) is 12.5. The number of carbonyl (C=O) groups is 1. The fourth-order valence-electron chi connectivity index (χ4n) is 4.69. The van der Waals surface area contributed by atoms with E-state index in [9.17, 15) is 23.9 Å². The van der Waals surface area contributed by atoms with E-state index in [1.54, 1.807) is 20.8 Å². The number of nitrogens with one attached hydrogen (secondary N) is 1. The average molecular weight is 603 g/mol. The van der Waals surface area contributed by atoms with E-state index in [0.29, 0.717) is 33.1 Å². The Morgan fingerprint density at radius 2 is 1.90 bits per heavy atom. The first kappa shape index (κ1) is 31.1. The van der Waals surface area contributed by atoms with E-state index in [1.807, 2.05) is 0 Å². The zero-order valence-corrected chi connectivity index (χ0v) is 25.2. The summed E-state index contributed by atoms with van der Waals surface area (Å²) in [5.41, 5.74) is -2.09. The van der Waals surface area contributed by atoms with Crippen LogP contribution in [0.4, 0.5) is 4.39 Å². The summed E-state index contributed by atoms with van der Waals surface area (Å²) in [6.45, 7) is 8.12. The van der Waals surface area contributed by atoms with E-state index in [1.165, 1.54) is 60.9 Å². The van der Waals surface area contributed by atoms with Crippen LogP contribution >= 0.6 is 11.3 Å². The molecule has 0 bridgehead atoms. The Labute approximate surface area is 245 Å². The number of benzene rings is 1. The quantitative estimate of drug-likeness (QED) is 0.236. The van der Waals surface area contributed by atoms with Crippen LogP contribution in [0.3, 0.4) is 0 Å². The molecule has 0 saturated heterocycles. The molecule has 42 heavy (non-hydrogen) atoms. The van der Waals surface area contributed by atoms with Gasteiger partial charge in [-0.25, -0.2) is 13.8 Å². The van der Waals surface area contributed by atoms with Gasteiger partial charge in [0, 0.05) is 30.4 Å². The summed E-state index contributed by atoms with van der Waals surface area (Å²) in [4.78, 5) is 43.3. The molecule has 0 fully saturated rings. The van der Waals surface area contributed by atoms with Crippen molar-refractivity contribution in [1.29, 1.82) is 0 Å². The number of hydrogen-bond acceptors (Lipinski definition) is 9. The van der Waals surface area contributed by atoms with Crippen molar-refractivity contribution < 1.29 is 23.8 Å². The van der Waals surface area contributed by atoms with E-state index < -0.39 is 34.6 Å². The van der Waals surface area contributed by atoms with Gasteiger partial charge in [0.2, 0.25) is 5.91 Å². The summed E-state index contributed by atoms with van der Waals surface area (Å²) >= 11 is 1.14. The summed E-state index contributed by atoms with van der Waals surface area (Å²) in [7, 11) is 1.44. The van der Waals surface area contributed by atoms with Gasteiger partial charge in [0.25, 0.3) is 5.56 Å². The first-order valence-electron chi connectivity index (χ1n) is 13.4. The highest BCUT2D eigenvalue weighted by atomic mass is 32.1. The molecule has 0 aliphatic carbocycles. The molecule has 0 aliphatic rings. The molecular formula is C28H35FN6O6S. The number of aromatic nitrogens is 5. The fourth-order valence-corrected chi connectivity index (χ4v) is 5.91. The van der Waals surface area contributed by atoms with Crippen LogP contribution in [0.5, 0.6) is 5.75 Å². The molecule has 1 aromatic carbocycles. The van der Waals surface area contributed by atoms with Crippen molar-refractivity contribution in [3.63, 3.8) is 0 Å². The summed E-state index contributed by atoms with van der Waals surface area (Å²) in [5, 5.41) is 21.3. The van der Waals surface area contributed by atoms with Gasteiger partial charge in [0.15, 0.2) is 0 Å². The third-order valence-corrected chi connectivity index (χ3v) is 8.11. The molecule has 0 saturated carbocycles. The van der Waals surface area contributed by atoms with Gasteiger partial charge >= 0.3 is 5.69 Å². The van der Waals surface area contributed by atoms with E-state index >= 15 is 0 Å². The number of thiophene rings is 1. The van der Waals surface area contributed by atoms with Crippen LogP contribution < -0.4 is 21.3 Å². The Bertz CT molecular complexity index is 1690. The van der Waals surface area contributed by atoms with Gasteiger partial charge in [-0.3, -0.25) is 14.2 Å². The predicted molar refractivity (Wildman–Crippen MR) is 156 cm³/mol. The lowest BCUT2D eigenvalue weighted by molar-refractivity contribution is -0.129. The molecule has 3 heterocycles. The highest BCUT2D eigenvalue weighted by Gasteiger charge is 2.36. The van der Waals surface area contributed by atoms with Crippen LogP contribution in [0.25, 0.3) is 15.2 Å². The van der Waals surface area contributed by atoms with Gasteiger partial charge in [-0.15, -0.1) is 4.80 Å². The van der Waals surface area contributed by atoms with Crippen molar-refractivity contribution in [1.82, 2.24) is 29.4 Å². The zero-order valence-electron chi connectivity index (χ0n) is 24.4. The summed E-state index contributed by atoms with van der Waals surface area (Å²) < 4.78 is 28.3. The van der Waals surface area contributed by atoms with Crippen molar-refractivity contribution in [2.75, 3.05) is 20.3 Å². The summed E-state index contributed by atoms with van der Waals surface area (Å²) in [6, 6.07) is 3.74. The molecule has 1 atom stereocenters. The van der Waals surface area contributed by atoms with E-state index in [-0.39, 0.29) is 31.2 Å². The monoisotopic (exact) mass is 602 g/mol. The lowest BCUT2D eigenvalue weighted by Gasteiger charge is -2.28. The number of methoxy groups -OCH3 is 1. The Balaban J connectivity index is 2.02. The topological polar surface area (TPSA) is 142 Å². The highest BCUT2D eigenvalue weighted by Crippen LogP contribution is 2.34. The van der Waals surface area contributed by atoms with Crippen molar-refractivity contribution >= 4 is 27.5 Å². The average Bonchev–Trinajstić information content (AvgIpc) is 3.58. The number of amides is 1. The Morgan fingerprint density at radius 1 is 1.21 bits per heavy atom. The summed E-state index contributed by atoms with van der Waals surface area (Å²) in [6.07, 6.45) is 2.37. The van der Waals surface area contributed by atoms with Gasteiger partial charge in [-0.1, -0.05) is 11.3 Å². The van der Waals surface area contributed by atoms with Crippen LogP contribution in [-0.4, -0.2) is 61.5 Å². The van der Waals surface area contributed by atoms with E-state index in [0.717, 1.165) is 15.9 Å². The second-order valence-corrected chi connectivity index (χ2v) is 11.6. The first-order chi connectivity index (χ1) is 19.9. The maximum Gasteiger partial charge on any atom is 0.333 e. The number of ether oxygens (including phenoxy) is 2. The number of nitrogens with zero attached hydrogens (tertiary/aromatic N) is 5. The molecule has 0 aliphatic heterocycles. The van der Waals surface area contributed by atoms with Gasteiger partial charge in [-0.05, 0) is 59.2 Å². The van der Waals surface area contributed by atoms with Crippen LogP contribution in [0, 0.1) is 12.7 Å². The third kappa shape index (κ3) is 5.87. The van der Waals surface area contributed by atoms with Gasteiger partial charge in [-0.2, -0.15) is 10.2 Å². The van der Waals surface area contributed by atoms with Crippen molar-refractivity contribution in [2.24, 2.45) is 0 Å². The molecule has 4 aromatic rings. The molecule has 0 unspecified atom stereocenters. The Hall–Kier alpha value is -3.88. The van der Waals surface area contributed by atoms with Gasteiger partial charge < -0.3 is 19.9 Å². The van der Waals surface area contributed by atoms with Gasteiger partial charge in [0.05, 0.1) is 31.4 Å². The van der Waals surface area contributed by atoms with E-state index in [4.69, 9.17) is 9.47 Å². The Kier molecular flexibility index (Phi) is 9.28. The highest BCUT2D eigenvalue weighted by molar-refractivity contribution is 7.21. The second-order valence-electron chi connectivity index (χ2n) is 10.6. The number of fused-ring (bicyclic) bond motifs is 1. The number of carbonyl (C=O) groups excluding carboxylic acids is 1. The molecule has 4 rings (SSSR count). The number of halogens is 1. The van der Waals surface area contributed by atoms with Crippen LogP contribution in [0.1, 0.15) is 51.3 Å². The number of hydrogen-bond donors (Lipinski definition) is 2.